The largest absolute Gasteiger partial charge is 0.380 e. The molecule has 0 saturated carbocycles. The molecule has 0 aliphatic rings. The van der Waals surface area contributed by atoms with E-state index in [2.05, 4.69) is 9.44 Å². The van der Waals surface area contributed by atoms with Gasteiger partial charge in [0.25, 0.3) is 10.2 Å². The van der Waals surface area contributed by atoms with E-state index >= 15 is 0 Å². The van der Waals surface area contributed by atoms with Crippen molar-refractivity contribution in [2.75, 3.05) is 19.8 Å². The van der Waals surface area contributed by atoms with Gasteiger partial charge in [0.2, 0.25) is 0 Å². The molecular weight excluding hydrogens is 240 g/mol. The molecular formula is C11H18N2O3S. The maximum absolute atomic E-state index is 11.5. The molecule has 0 aliphatic heterocycles. The van der Waals surface area contributed by atoms with E-state index in [4.69, 9.17) is 4.74 Å². The summed E-state index contributed by atoms with van der Waals surface area (Å²) in [4.78, 5) is 0. The molecule has 0 bridgehead atoms. The molecule has 0 aliphatic carbocycles. The molecule has 2 N–H and O–H groups in total. The summed E-state index contributed by atoms with van der Waals surface area (Å²) in [5.74, 6) is 0. The van der Waals surface area contributed by atoms with Crippen molar-refractivity contribution < 1.29 is 13.2 Å². The van der Waals surface area contributed by atoms with Crippen molar-refractivity contribution in [3.8, 4) is 0 Å². The Kier molecular flexibility index (Phi) is 6.13. The third kappa shape index (κ3) is 6.38. The third-order valence-corrected chi connectivity index (χ3v) is 3.16. The molecule has 0 heterocycles. The fourth-order valence-electron chi connectivity index (χ4n) is 1.22. The second-order valence-corrected chi connectivity index (χ2v) is 4.99. The highest BCUT2D eigenvalue weighted by atomic mass is 32.2. The highest BCUT2D eigenvalue weighted by Crippen LogP contribution is 1.97. The van der Waals surface area contributed by atoms with Crippen LogP contribution < -0.4 is 9.44 Å². The highest BCUT2D eigenvalue weighted by Gasteiger charge is 2.07. The Morgan fingerprint density at radius 3 is 2.53 bits per heavy atom. The van der Waals surface area contributed by atoms with E-state index in [9.17, 15) is 8.42 Å². The summed E-state index contributed by atoms with van der Waals surface area (Å²) in [6, 6.07) is 9.35. The zero-order chi connectivity index (χ0) is 12.6. The predicted molar refractivity (Wildman–Crippen MR) is 66.7 cm³/mol. The Bertz CT molecular complexity index is 406. The minimum Gasteiger partial charge on any atom is -0.380 e. The van der Waals surface area contributed by atoms with Crippen molar-refractivity contribution in [3.05, 3.63) is 35.9 Å². The van der Waals surface area contributed by atoms with Crippen LogP contribution in [0.5, 0.6) is 0 Å². The lowest BCUT2D eigenvalue weighted by atomic mass is 10.2. The summed E-state index contributed by atoms with van der Waals surface area (Å²) in [6.45, 7) is 3.38. The van der Waals surface area contributed by atoms with E-state index in [1.54, 1.807) is 0 Å². The summed E-state index contributed by atoms with van der Waals surface area (Å²) >= 11 is 0. The molecule has 0 unspecified atom stereocenters. The SMILES string of the molecule is CCOCCNS(=O)(=O)NCc1ccccc1. The second-order valence-electron chi connectivity index (χ2n) is 3.40. The fraction of sp³-hybridized carbons (Fsp3) is 0.455. The van der Waals surface area contributed by atoms with E-state index < -0.39 is 10.2 Å². The average molecular weight is 258 g/mol. The summed E-state index contributed by atoms with van der Waals surface area (Å²) in [5.41, 5.74) is 0.919. The summed E-state index contributed by atoms with van der Waals surface area (Å²) in [6.07, 6.45) is 0. The molecule has 0 amide bonds. The molecule has 6 heteroatoms. The van der Waals surface area contributed by atoms with Crippen LogP contribution in [0, 0.1) is 0 Å². The van der Waals surface area contributed by atoms with Gasteiger partial charge in [-0.2, -0.15) is 17.9 Å². The summed E-state index contributed by atoms with van der Waals surface area (Å²) in [7, 11) is -3.44. The first kappa shape index (κ1) is 14.1. The van der Waals surface area contributed by atoms with E-state index in [-0.39, 0.29) is 13.1 Å². The van der Waals surface area contributed by atoms with Crippen LogP contribution in [0.15, 0.2) is 30.3 Å². The zero-order valence-electron chi connectivity index (χ0n) is 9.85. The Morgan fingerprint density at radius 1 is 1.18 bits per heavy atom. The number of ether oxygens (including phenoxy) is 1. The number of hydrogen-bond donors (Lipinski definition) is 2. The van der Waals surface area contributed by atoms with Gasteiger partial charge in [-0.1, -0.05) is 30.3 Å². The molecule has 0 saturated heterocycles. The summed E-state index contributed by atoms with van der Waals surface area (Å²) < 4.78 is 32.9. The monoisotopic (exact) mass is 258 g/mol. The third-order valence-electron chi connectivity index (χ3n) is 2.05. The van der Waals surface area contributed by atoms with Gasteiger partial charge in [0.1, 0.15) is 0 Å². The first-order valence-corrected chi connectivity index (χ1v) is 6.98. The van der Waals surface area contributed by atoms with Crippen molar-refractivity contribution in [1.82, 2.24) is 9.44 Å². The van der Waals surface area contributed by atoms with E-state index in [0.29, 0.717) is 13.2 Å². The van der Waals surface area contributed by atoms with Crippen LogP contribution in [0.4, 0.5) is 0 Å². The first-order valence-electron chi connectivity index (χ1n) is 5.50. The molecule has 96 valence electrons. The van der Waals surface area contributed by atoms with Gasteiger partial charge in [-0.3, -0.25) is 0 Å². The maximum Gasteiger partial charge on any atom is 0.277 e. The minimum atomic E-state index is -3.44. The minimum absolute atomic E-state index is 0.276. The Morgan fingerprint density at radius 2 is 1.88 bits per heavy atom. The molecule has 0 radical (unpaired) electrons. The second kappa shape index (κ2) is 7.39. The molecule has 0 aromatic heterocycles. The highest BCUT2D eigenvalue weighted by molar-refractivity contribution is 7.87. The molecule has 0 fully saturated rings. The van der Waals surface area contributed by atoms with Gasteiger partial charge in [-0.05, 0) is 12.5 Å². The Labute approximate surface area is 102 Å². The number of hydrogen-bond acceptors (Lipinski definition) is 3. The molecule has 0 spiro atoms. The van der Waals surface area contributed by atoms with Gasteiger partial charge in [0.15, 0.2) is 0 Å². The van der Waals surface area contributed by atoms with E-state index in [1.807, 2.05) is 37.3 Å². The van der Waals surface area contributed by atoms with Crippen molar-refractivity contribution in [2.24, 2.45) is 0 Å². The molecule has 0 atom stereocenters. The van der Waals surface area contributed by atoms with Crippen LogP contribution in [0.25, 0.3) is 0 Å². The van der Waals surface area contributed by atoms with Gasteiger partial charge < -0.3 is 4.74 Å². The standard InChI is InChI=1S/C11H18N2O3S/c1-2-16-9-8-12-17(14,15)13-10-11-6-4-3-5-7-11/h3-7,12-13H,2,8-10H2,1H3. The van der Waals surface area contributed by atoms with Crippen molar-refractivity contribution in [1.29, 1.82) is 0 Å². The van der Waals surface area contributed by atoms with Crippen LogP contribution in [0.3, 0.4) is 0 Å². The smallest absolute Gasteiger partial charge is 0.277 e. The van der Waals surface area contributed by atoms with E-state index in [1.165, 1.54) is 0 Å². The Balaban J connectivity index is 2.30. The van der Waals surface area contributed by atoms with Crippen LogP contribution in [0.2, 0.25) is 0 Å². The normalized spacial score (nSPS) is 11.6. The van der Waals surface area contributed by atoms with Gasteiger partial charge in [-0.15, -0.1) is 0 Å². The topological polar surface area (TPSA) is 67.4 Å². The zero-order valence-corrected chi connectivity index (χ0v) is 10.7. The van der Waals surface area contributed by atoms with Gasteiger partial charge in [0, 0.05) is 19.7 Å². The van der Waals surface area contributed by atoms with Crippen LogP contribution in [-0.4, -0.2) is 28.2 Å². The lowest BCUT2D eigenvalue weighted by molar-refractivity contribution is 0.153. The van der Waals surface area contributed by atoms with E-state index in [0.717, 1.165) is 5.56 Å². The predicted octanol–water partition coefficient (Wildman–Crippen LogP) is 0.647. The Hall–Kier alpha value is -0.950. The first-order chi connectivity index (χ1) is 8.14. The lowest BCUT2D eigenvalue weighted by Gasteiger charge is -2.08. The molecule has 1 aromatic rings. The van der Waals surface area contributed by atoms with Gasteiger partial charge in [0.05, 0.1) is 6.61 Å². The number of rotatable bonds is 8. The number of nitrogens with one attached hydrogen (secondary N) is 2. The van der Waals surface area contributed by atoms with Crippen LogP contribution in [-0.2, 0) is 21.5 Å². The van der Waals surface area contributed by atoms with Gasteiger partial charge >= 0.3 is 0 Å². The van der Waals surface area contributed by atoms with Crippen molar-refractivity contribution >= 4 is 10.2 Å². The lowest BCUT2D eigenvalue weighted by Crippen LogP contribution is -2.37. The molecule has 5 nitrogen and oxygen atoms in total. The quantitative estimate of drug-likeness (QED) is 0.673. The number of benzene rings is 1. The van der Waals surface area contributed by atoms with Crippen molar-refractivity contribution in [3.63, 3.8) is 0 Å². The fourth-order valence-corrected chi connectivity index (χ4v) is 2.03. The molecule has 17 heavy (non-hydrogen) atoms. The van der Waals surface area contributed by atoms with Crippen LogP contribution in [0.1, 0.15) is 12.5 Å². The molecule has 1 rings (SSSR count). The van der Waals surface area contributed by atoms with Gasteiger partial charge in [-0.25, -0.2) is 0 Å². The average Bonchev–Trinajstić information content (AvgIpc) is 2.34. The van der Waals surface area contributed by atoms with Crippen molar-refractivity contribution in [2.45, 2.75) is 13.5 Å². The molecule has 1 aromatic carbocycles. The van der Waals surface area contributed by atoms with Crippen LogP contribution >= 0.6 is 0 Å². The maximum atomic E-state index is 11.5. The summed E-state index contributed by atoms with van der Waals surface area (Å²) in [5, 5.41) is 0.